The summed E-state index contributed by atoms with van der Waals surface area (Å²) in [6, 6.07) is 3.18. The summed E-state index contributed by atoms with van der Waals surface area (Å²) in [7, 11) is 0. The van der Waals surface area contributed by atoms with Gasteiger partial charge < -0.3 is 10.8 Å². The van der Waals surface area contributed by atoms with E-state index in [-0.39, 0.29) is 18.5 Å². The van der Waals surface area contributed by atoms with Gasteiger partial charge in [-0.2, -0.15) is 13.2 Å². The summed E-state index contributed by atoms with van der Waals surface area (Å²) in [5, 5.41) is 8.94. The topological polar surface area (TPSA) is 46.2 Å². The van der Waals surface area contributed by atoms with Crippen molar-refractivity contribution in [3.8, 4) is 5.75 Å². The summed E-state index contributed by atoms with van der Waals surface area (Å²) in [5.41, 5.74) is 4.47. The molecule has 14 heavy (non-hydrogen) atoms. The van der Waals surface area contributed by atoms with Gasteiger partial charge >= 0.3 is 6.18 Å². The van der Waals surface area contributed by atoms with Gasteiger partial charge in [0.2, 0.25) is 0 Å². The highest BCUT2D eigenvalue weighted by Crippen LogP contribution is 2.34. The van der Waals surface area contributed by atoms with Crippen LogP contribution >= 0.6 is 0 Å². The summed E-state index contributed by atoms with van der Waals surface area (Å²) in [6.45, 7) is 0.147. The number of nitrogens with two attached hydrogens (primary N) is 1. The number of rotatable bonds is 2. The lowest BCUT2D eigenvalue weighted by Crippen LogP contribution is -2.12. The van der Waals surface area contributed by atoms with E-state index in [4.69, 9.17) is 10.8 Å². The van der Waals surface area contributed by atoms with E-state index in [0.29, 0.717) is 6.07 Å². The van der Waals surface area contributed by atoms with E-state index in [1.54, 1.807) is 0 Å². The fourth-order valence-corrected chi connectivity index (χ4v) is 1.20. The maximum atomic E-state index is 12.4. The summed E-state index contributed by atoms with van der Waals surface area (Å²) >= 11 is 0. The van der Waals surface area contributed by atoms with Crippen LogP contribution in [0.15, 0.2) is 18.2 Å². The van der Waals surface area contributed by atoms with Gasteiger partial charge in [0.1, 0.15) is 5.75 Å². The van der Waals surface area contributed by atoms with Crippen LogP contribution in [0.2, 0.25) is 0 Å². The highest BCUT2D eigenvalue weighted by molar-refractivity contribution is 5.36. The highest BCUT2D eigenvalue weighted by atomic mass is 19.4. The van der Waals surface area contributed by atoms with Crippen LogP contribution < -0.4 is 5.73 Å². The molecule has 5 heteroatoms. The Bertz CT molecular complexity index is 322. The van der Waals surface area contributed by atoms with Gasteiger partial charge in [0.25, 0.3) is 0 Å². The predicted octanol–water partition coefficient (Wildman–Crippen LogP) is 1.91. The molecule has 0 saturated heterocycles. The molecule has 3 N–H and O–H groups in total. The van der Waals surface area contributed by atoms with Crippen molar-refractivity contribution in [2.75, 3.05) is 6.54 Å². The van der Waals surface area contributed by atoms with Crippen molar-refractivity contribution in [2.24, 2.45) is 5.73 Å². The number of hydrogen-bond acceptors (Lipinski definition) is 2. The molecular weight excluding hydrogens is 195 g/mol. The van der Waals surface area contributed by atoms with E-state index < -0.39 is 17.5 Å². The fourth-order valence-electron chi connectivity index (χ4n) is 1.20. The molecule has 0 unspecified atom stereocenters. The first-order valence-corrected chi connectivity index (χ1v) is 4.04. The molecule has 0 aromatic heterocycles. The average molecular weight is 205 g/mol. The molecule has 0 aliphatic carbocycles. The minimum atomic E-state index is -4.44. The van der Waals surface area contributed by atoms with Crippen LogP contribution in [0, 0.1) is 0 Å². The van der Waals surface area contributed by atoms with Crippen molar-refractivity contribution in [2.45, 2.75) is 12.6 Å². The van der Waals surface area contributed by atoms with Crippen molar-refractivity contribution in [1.29, 1.82) is 0 Å². The second kappa shape index (κ2) is 3.88. The summed E-state index contributed by atoms with van der Waals surface area (Å²) in [5.74, 6) is -0.391. The first-order valence-electron chi connectivity index (χ1n) is 4.04. The molecule has 0 amide bonds. The maximum absolute atomic E-state index is 12.4. The number of aromatic hydroxyl groups is 1. The van der Waals surface area contributed by atoms with Crippen LogP contribution in [0.25, 0.3) is 0 Å². The Balaban J connectivity index is 3.16. The largest absolute Gasteiger partial charge is 0.508 e. The first-order chi connectivity index (χ1) is 6.45. The number of phenolic OH excluding ortho intramolecular Hbond substituents is 1. The lowest BCUT2D eigenvalue weighted by atomic mass is 10.0. The van der Waals surface area contributed by atoms with Crippen molar-refractivity contribution < 1.29 is 18.3 Å². The Kier molecular flexibility index (Phi) is 3.00. The lowest BCUT2D eigenvalue weighted by Gasteiger charge is -2.12. The number of alkyl halides is 3. The van der Waals surface area contributed by atoms with E-state index in [0.717, 1.165) is 0 Å². The molecule has 1 rings (SSSR count). The summed E-state index contributed by atoms with van der Waals surface area (Å²) in [4.78, 5) is 0. The third-order valence-electron chi connectivity index (χ3n) is 1.81. The van der Waals surface area contributed by atoms with Crippen molar-refractivity contribution in [1.82, 2.24) is 0 Å². The second-order valence-electron chi connectivity index (χ2n) is 2.88. The Morgan fingerprint density at radius 2 is 1.93 bits per heavy atom. The van der Waals surface area contributed by atoms with Gasteiger partial charge in [-0.05, 0) is 30.7 Å². The van der Waals surface area contributed by atoms with Gasteiger partial charge in [0.05, 0.1) is 5.56 Å². The normalized spacial score (nSPS) is 11.7. The van der Waals surface area contributed by atoms with Crippen LogP contribution in [-0.4, -0.2) is 11.7 Å². The molecule has 0 aliphatic rings. The Hall–Kier alpha value is -1.23. The smallest absolute Gasteiger partial charge is 0.416 e. The molecule has 0 saturated carbocycles. The van der Waals surface area contributed by atoms with E-state index >= 15 is 0 Å². The minimum absolute atomic E-state index is 0.109. The average Bonchev–Trinajstić information content (AvgIpc) is 2.07. The maximum Gasteiger partial charge on any atom is 0.416 e. The zero-order valence-electron chi connectivity index (χ0n) is 7.30. The third-order valence-corrected chi connectivity index (χ3v) is 1.81. The van der Waals surface area contributed by atoms with E-state index in [2.05, 4.69) is 0 Å². The van der Waals surface area contributed by atoms with Crippen molar-refractivity contribution in [3.05, 3.63) is 29.3 Å². The minimum Gasteiger partial charge on any atom is -0.508 e. The molecule has 0 radical (unpaired) electrons. The van der Waals surface area contributed by atoms with Gasteiger partial charge in [-0.1, -0.05) is 6.07 Å². The molecule has 0 atom stereocenters. The molecule has 78 valence electrons. The van der Waals surface area contributed by atoms with Gasteiger partial charge in [-0.3, -0.25) is 0 Å². The predicted molar refractivity (Wildman–Crippen MR) is 45.9 cm³/mol. The molecule has 0 fully saturated rings. The Morgan fingerprint density at radius 1 is 1.29 bits per heavy atom. The lowest BCUT2D eigenvalue weighted by molar-refractivity contribution is -0.138. The van der Waals surface area contributed by atoms with Gasteiger partial charge in [-0.15, -0.1) is 0 Å². The first kappa shape index (κ1) is 10.8. The summed E-state index contributed by atoms with van der Waals surface area (Å²) < 4.78 is 37.2. The number of benzene rings is 1. The highest BCUT2D eigenvalue weighted by Gasteiger charge is 2.33. The number of hydrogen-bond donors (Lipinski definition) is 2. The monoisotopic (exact) mass is 205 g/mol. The zero-order chi connectivity index (χ0) is 10.8. The number of halogens is 3. The van der Waals surface area contributed by atoms with Crippen LogP contribution in [-0.2, 0) is 12.6 Å². The van der Waals surface area contributed by atoms with E-state index in [9.17, 15) is 13.2 Å². The quantitative estimate of drug-likeness (QED) is 0.774. The van der Waals surface area contributed by atoms with Crippen LogP contribution in [0.1, 0.15) is 11.1 Å². The second-order valence-corrected chi connectivity index (χ2v) is 2.88. The Morgan fingerprint density at radius 3 is 2.43 bits per heavy atom. The molecule has 2 nitrogen and oxygen atoms in total. The fraction of sp³-hybridized carbons (Fsp3) is 0.333. The molecule has 0 spiro atoms. The van der Waals surface area contributed by atoms with E-state index in [1.807, 2.05) is 0 Å². The standard InChI is InChI=1S/C9H10F3NO/c10-9(11,12)8-5-7(14)2-1-6(8)3-4-13/h1-2,5,14H,3-4,13H2. The van der Waals surface area contributed by atoms with Crippen molar-refractivity contribution >= 4 is 0 Å². The van der Waals surface area contributed by atoms with Crippen molar-refractivity contribution in [3.63, 3.8) is 0 Å². The van der Waals surface area contributed by atoms with E-state index in [1.165, 1.54) is 12.1 Å². The van der Waals surface area contributed by atoms with Crippen LogP contribution in [0.4, 0.5) is 13.2 Å². The Labute approximate surface area is 79.2 Å². The molecule has 0 bridgehead atoms. The molecule has 1 aromatic rings. The van der Waals surface area contributed by atoms with Crippen LogP contribution in [0.5, 0.6) is 5.75 Å². The SMILES string of the molecule is NCCc1ccc(O)cc1C(F)(F)F. The van der Waals surface area contributed by atoms with Crippen LogP contribution in [0.3, 0.4) is 0 Å². The molecule has 0 heterocycles. The van der Waals surface area contributed by atoms with Gasteiger partial charge in [0.15, 0.2) is 0 Å². The molecule has 1 aromatic carbocycles. The molecular formula is C9H10F3NO. The molecule has 0 aliphatic heterocycles. The zero-order valence-corrected chi connectivity index (χ0v) is 7.30. The number of phenols is 1. The van der Waals surface area contributed by atoms with Gasteiger partial charge in [0, 0.05) is 0 Å². The summed E-state index contributed by atoms with van der Waals surface area (Å²) in [6.07, 6.45) is -4.29. The third kappa shape index (κ3) is 2.38. The van der Waals surface area contributed by atoms with Gasteiger partial charge in [-0.25, -0.2) is 0 Å².